The molecule has 5 fully saturated rings. The average molecular weight is 1320 g/mol. The number of amides is 4. The summed E-state index contributed by atoms with van der Waals surface area (Å²) in [5.41, 5.74) is 5.12. The quantitative estimate of drug-likeness (QED) is 0.00765. The molecule has 25 heteroatoms. The number of aryl methyl sites for hydroxylation is 1. The van der Waals surface area contributed by atoms with Crippen LogP contribution in [0.3, 0.4) is 0 Å². The molecule has 1 spiro atoms. The predicted octanol–water partition coefficient (Wildman–Crippen LogP) is 8.47. The summed E-state index contributed by atoms with van der Waals surface area (Å²) in [5.74, 6) is -2.58. The van der Waals surface area contributed by atoms with Crippen LogP contribution in [0.2, 0.25) is 0 Å². The van der Waals surface area contributed by atoms with Crippen LogP contribution in [0.15, 0.2) is 90.6 Å². The molecule has 1 saturated heterocycles. The number of carbonyl (C=O) groups excluding carboxylic acids is 5. The highest BCUT2D eigenvalue weighted by Gasteiger charge is 2.84. The molecule has 94 heavy (non-hydrogen) atoms. The molecule has 2 aromatic heterocycles. The van der Waals surface area contributed by atoms with Crippen molar-refractivity contribution in [3.63, 3.8) is 0 Å². The van der Waals surface area contributed by atoms with E-state index in [2.05, 4.69) is 47.4 Å². The van der Waals surface area contributed by atoms with Gasteiger partial charge < -0.3 is 65.0 Å². The van der Waals surface area contributed by atoms with Crippen molar-refractivity contribution in [3.8, 4) is 5.75 Å². The molecule has 2 aliphatic heterocycles. The minimum absolute atomic E-state index is 0.00166. The zero-order chi connectivity index (χ0) is 66.7. The number of fused-ring (bicyclic) bond motifs is 4. The number of hydrogen-bond acceptors (Lipinski definition) is 19. The van der Waals surface area contributed by atoms with E-state index in [0.717, 1.165) is 77.6 Å². The number of aliphatic carboxylic acids is 1. The number of benzene rings is 3. The smallest absolute Gasteiger partial charge is 0.410 e. The molecule has 4 amide bonds. The lowest BCUT2D eigenvalue weighted by Gasteiger charge is -2.64. The van der Waals surface area contributed by atoms with E-state index in [4.69, 9.17) is 29.3 Å². The Kier molecular flexibility index (Phi) is 19.7. The molecule has 7 N–H and O–H groups in total. The van der Waals surface area contributed by atoms with Crippen LogP contribution in [0.5, 0.6) is 5.75 Å². The van der Waals surface area contributed by atoms with Gasteiger partial charge in [0.2, 0.25) is 18.1 Å². The Balaban J connectivity index is 0.734. The number of nitrogens with one attached hydrogen (secondary N) is 4. The molecule has 4 saturated carbocycles. The summed E-state index contributed by atoms with van der Waals surface area (Å²) in [7, 11) is 1.45. The first-order chi connectivity index (χ1) is 45.0. The topological polar surface area (TPSA) is 313 Å². The monoisotopic (exact) mass is 1320 g/mol. The van der Waals surface area contributed by atoms with Gasteiger partial charge in [-0.25, -0.2) is 24.4 Å². The molecular weight excluding hydrogens is 1240 g/mol. The number of carboxylic acids is 2. The van der Waals surface area contributed by atoms with Crippen LogP contribution < -0.4 is 25.6 Å². The minimum atomic E-state index is -1.30. The average Bonchev–Trinajstić information content (AvgIpc) is 1.46. The maximum Gasteiger partial charge on any atom is 0.410 e. The minimum Gasteiger partial charge on any atom is -0.479 e. The van der Waals surface area contributed by atoms with E-state index >= 15 is 0 Å². The summed E-state index contributed by atoms with van der Waals surface area (Å²) in [6, 6.07) is 22.2. The van der Waals surface area contributed by atoms with Gasteiger partial charge in [-0.1, -0.05) is 61.6 Å². The molecule has 4 heterocycles. The van der Waals surface area contributed by atoms with Gasteiger partial charge in [0.15, 0.2) is 16.9 Å². The van der Waals surface area contributed by atoms with Crippen molar-refractivity contribution in [1.82, 2.24) is 30.4 Å². The zero-order valence-corrected chi connectivity index (χ0v) is 55.0. The maximum absolute atomic E-state index is 14.1. The summed E-state index contributed by atoms with van der Waals surface area (Å²) in [5, 5.41) is 49.7. The number of aromatic carboxylic acids is 1. The largest absolute Gasteiger partial charge is 0.479 e. The molecule has 23 nitrogen and oxygen atoms in total. The second-order valence-electron chi connectivity index (χ2n) is 26.7. The van der Waals surface area contributed by atoms with Crippen LogP contribution in [0.25, 0.3) is 15.8 Å². The predicted molar refractivity (Wildman–Crippen MR) is 355 cm³/mol. The van der Waals surface area contributed by atoms with Crippen LogP contribution in [-0.4, -0.2) is 166 Å². The van der Waals surface area contributed by atoms with E-state index in [0.29, 0.717) is 89.8 Å². The van der Waals surface area contributed by atoms with Gasteiger partial charge in [-0.15, -0.1) is 0 Å². The van der Waals surface area contributed by atoms with Crippen LogP contribution in [0.1, 0.15) is 127 Å². The molecule has 0 radical (unpaired) electrons. The summed E-state index contributed by atoms with van der Waals surface area (Å²) >= 11 is 5.90. The first-order valence-corrected chi connectivity index (χ1v) is 33.3. The fourth-order valence-corrected chi connectivity index (χ4v) is 17.7. The van der Waals surface area contributed by atoms with Crippen LogP contribution in [-0.2, 0) is 59.4 Å². The van der Waals surface area contributed by atoms with Crippen molar-refractivity contribution in [2.45, 2.75) is 129 Å². The molecular formula is C69H81N9O14S2. The van der Waals surface area contributed by atoms with Crippen molar-refractivity contribution < 1.29 is 67.8 Å². The van der Waals surface area contributed by atoms with Crippen molar-refractivity contribution in [2.75, 3.05) is 68.9 Å². The van der Waals surface area contributed by atoms with Crippen LogP contribution in [0, 0.1) is 27.1 Å². The number of ether oxygens (including phenoxy) is 4. The van der Waals surface area contributed by atoms with Gasteiger partial charge >= 0.3 is 18.0 Å². The maximum atomic E-state index is 14.1. The van der Waals surface area contributed by atoms with Crippen LogP contribution >= 0.6 is 24.0 Å². The number of rotatable bonds is 28. The lowest BCUT2D eigenvalue weighted by molar-refractivity contribution is -0.195. The number of thiazole rings is 1. The fraction of sp³-hybridized carbons (Fsp3) is 0.478. The van der Waals surface area contributed by atoms with Crippen LogP contribution in [0.4, 0.5) is 15.7 Å². The molecule has 3 aromatic carbocycles. The number of nitrogens with zero attached hydrogens (tertiary/aromatic N) is 5. The number of hydrogen-bond donors (Lipinski definition) is 8. The van der Waals surface area contributed by atoms with Gasteiger partial charge in [-0.05, 0) is 146 Å². The lowest BCUT2D eigenvalue weighted by atomic mass is 9.40. The highest BCUT2D eigenvalue weighted by Crippen LogP contribution is 2.89. The molecule has 4 aliphatic carbocycles. The summed E-state index contributed by atoms with van der Waals surface area (Å²) in [4.78, 5) is 102. The first-order valence-electron chi connectivity index (χ1n) is 31.9. The van der Waals surface area contributed by atoms with E-state index in [-0.39, 0.29) is 97.2 Å². The number of allylic oxidation sites excluding steroid dienone is 3. The Hall–Kier alpha value is -8.23. The fourth-order valence-electron chi connectivity index (χ4n) is 16.6. The van der Waals surface area contributed by atoms with Gasteiger partial charge in [0.1, 0.15) is 24.5 Å². The van der Waals surface area contributed by atoms with Crippen molar-refractivity contribution >= 4 is 99.0 Å². The standard InChI is InChI=1S/C69H81N9O14S2/c1-42(49(31-70)47-18-19-55(74-59(47)62(86)87)78-22-20-44-11-7-12-48(50(44)32-78)60(83)75-63-73-51-13-5-6-14-54(51)94-63)72-41-67-36-65(2)35-66(3)37-68(38-67,40-69(65,66)39-67)90-26-23-77(24-27-93)64(88)89-34-45-17-16-43(10-8-21-71-56(81)33-76(4)57(82)15-9-25-79)28-52(45)91-58-30-46(80)29-53(92-58)61(84)85/h5-7,9,11-19,25,28,31,46,53,58,70,72,80,93H,8,10,20-24,26-27,29-30,32-41H2,1-4H3,(H,71,81)(H,84,85)(H,86,87)(H,73,75,83)/b15-9-,49-42+,70-31?. The van der Waals surface area contributed by atoms with E-state index in [1.54, 1.807) is 35.2 Å². The summed E-state index contributed by atoms with van der Waals surface area (Å²) in [6.45, 7) is 8.72. The van der Waals surface area contributed by atoms with Gasteiger partial charge in [0, 0.05) is 105 Å². The van der Waals surface area contributed by atoms with Crippen molar-refractivity contribution in [2.24, 2.45) is 21.7 Å². The zero-order valence-electron chi connectivity index (χ0n) is 53.2. The number of carboxylic acid groups (broad SMARTS) is 2. The molecule has 11 rings (SSSR count). The number of aldehydes is 1. The number of thiol groups is 1. The van der Waals surface area contributed by atoms with Gasteiger partial charge in [-0.2, -0.15) is 12.6 Å². The number of likely N-dealkylation sites (N-methyl/N-ethyl adjacent to an activating group) is 1. The number of pyridine rings is 1. The first kappa shape index (κ1) is 67.2. The third-order valence-electron chi connectivity index (χ3n) is 20.3. The Labute approximate surface area is 554 Å². The molecule has 3 bridgehead atoms. The summed E-state index contributed by atoms with van der Waals surface area (Å²) in [6.07, 6.45) is 6.82. The Bertz CT molecular complexity index is 3830. The highest BCUT2D eigenvalue weighted by molar-refractivity contribution is 7.80. The van der Waals surface area contributed by atoms with E-state index in [1.165, 1.54) is 29.5 Å². The molecule has 5 aromatic rings. The Morgan fingerprint density at radius 3 is 2.50 bits per heavy atom. The highest BCUT2D eigenvalue weighted by atomic mass is 32.1. The normalized spacial score (nSPS) is 25.7. The second-order valence-corrected chi connectivity index (χ2v) is 28.2. The van der Waals surface area contributed by atoms with Gasteiger partial charge in [0.25, 0.3) is 5.91 Å². The molecule has 8 atom stereocenters. The molecule has 6 aliphatic rings. The third-order valence-corrected chi connectivity index (χ3v) is 21.4. The molecule has 8 unspecified atom stereocenters. The third kappa shape index (κ3) is 13.8. The van der Waals surface area contributed by atoms with E-state index in [9.17, 15) is 48.9 Å². The number of aromatic nitrogens is 2. The van der Waals surface area contributed by atoms with Crippen molar-refractivity contribution in [3.05, 3.63) is 130 Å². The molecule has 498 valence electrons. The second kappa shape index (κ2) is 27.6. The SMILES string of the molecule is C/C(NCC12CC3(OCCN(CCS)C(=O)OCc4ccc(CCCNC(=O)CN(C)C(=O)/C=C\C=O)cc4OC4CC(O)CC(C(=O)O)O4)CC4(C)CC(C)(C1)C4(C2)C3)=C(/C=N)c1ccc(N2CCc3cccc(C(=O)Nc4nc5ccccc5s4)c3C2)nc1C(=O)O. The van der Waals surface area contributed by atoms with E-state index in [1.807, 2.05) is 54.3 Å². The lowest BCUT2D eigenvalue weighted by Crippen LogP contribution is -2.57. The number of carbonyl (C=O) groups is 7. The number of aliphatic hydroxyl groups excluding tert-OH is 1. The van der Waals surface area contributed by atoms with E-state index < -0.39 is 48.0 Å². The Morgan fingerprint density at radius 1 is 0.926 bits per heavy atom. The number of anilines is 2. The summed E-state index contributed by atoms with van der Waals surface area (Å²) < 4.78 is 26.0. The van der Waals surface area contributed by atoms with Crippen molar-refractivity contribution in [1.29, 1.82) is 5.41 Å². The number of para-hydroxylation sites is 1. The van der Waals surface area contributed by atoms with Gasteiger partial charge in [-0.3, -0.25) is 24.5 Å². The Morgan fingerprint density at radius 2 is 1.73 bits per heavy atom. The van der Waals surface area contributed by atoms with Gasteiger partial charge in [0.05, 0.1) is 35.1 Å². The number of aliphatic hydroxyl groups is 1.